The van der Waals surface area contributed by atoms with Gasteiger partial charge < -0.3 is 0 Å². The van der Waals surface area contributed by atoms with Crippen LogP contribution >= 0.6 is 22.6 Å². The van der Waals surface area contributed by atoms with Crippen molar-refractivity contribution >= 4 is 28.8 Å². The average Bonchev–Trinajstić information content (AvgIpc) is 1.95. The summed E-state index contributed by atoms with van der Waals surface area (Å²) in [6.45, 7) is 0. The molecule has 0 amide bonds. The van der Waals surface area contributed by atoms with Gasteiger partial charge in [0.1, 0.15) is 5.82 Å². The first-order valence-corrected chi connectivity index (χ1v) is 4.19. The summed E-state index contributed by atoms with van der Waals surface area (Å²) in [5, 5.41) is 0. The zero-order valence-electron chi connectivity index (χ0n) is 6.01. The third-order valence-corrected chi connectivity index (χ3v) is 1.90. The lowest BCUT2D eigenvalue weighted by molar-refractivity contribution is 0.625. The molecule has 0 saturated heterocycles. The molecule has 0 saturated carbocycles. The number of nitrogens with zero attached hydrogens (tertiary/aromatic N) is 1. The Bertz CT molecular complexity index is 283. The van der Waals surface area contributed by atoms with Gasteiger partial charge in [0.15, 0.2) is 0 Å². The molecule has 0 radical (unpaired) electrons. The van der Waals surface area contributed by atoms with E-state index in [2.05, 4.69) is 27.6 Å². The van der Waals surface area contributed by atoms with E-state index in [9.17, 15) is 4.39 Å². The van der Waals surface area contributed by atoms with Crippen molar-refractivity contribution < 1.29 is 4.39 Å². The summed E-state index contributed by atoms with van der Waals surface area (Å²) >= 11 is 2.07. The molecule has 0 aliphatic heterocycles. The topological polar surface area (TPSA) is 12.4 Å². The average molecular weight is 263 g/mol. The first kappa shape index (κ1) is 8.64. The van der Waals surface area contributed by atoms with Crippen LogP contribution in [-0.4, -0.2) is 13.3 Å². The fourth-order valence-electron chi connectivity index (χ4n) is 0.745. The molecule has 0 fully saturated rings. The van der Waals surface area contributed by atoms with Gasteiger partial charge in [0.25, 0.3) is 0 Å². The van der Waals surface area contributed by atoms with Gasteiger partial charge in [0.2, 0.25) is 0 Å². The highest BCUT2D eigenvalue weighted by Gasteiger charge is 1.97. The predicted molar refractivity (Wildman–Crippen MR) is 52.6 cm³/mol. The zero-order chi connectivity index (χ0) is 8.27. The molecule has 0 heterocycles. The Kier molecular flexibility index (Phi) is 2.99. The highest BCUT2D eigenvalue weighted by atomic mass is 127. The Hall–Kier alpha value is -0.450. The van der Waals surface area contributed by atoms with Crippen molar-refractivity contribution in [2.75, 3.05) is 7.05 Å². The molecule has 0 unspecified atom stereocenters. The molecule has 0 spiro atoms. The third-order valence-electron chi connectivity index (χ3n) is 1.23. The van der Waals surface area contributed by atoms with Crippen molar-refractivity contribution in [1.82, 2.24) is 0 Å². The maximum Gasteiger partial charge on any atom is 0.133 e. The van der Waals surface area contributed by atoms with Gasteiger partial charge in [-0.15, -0.1) is 0 Å². The van der Waals surface area contributed by atoms with Crippen LogP contribution < -0.4 is 0 Å². The van der Waals surface area contributed by atoms with E-state index in [-0.39, 0.29) is 5.82 Å². The monoisotopic (exact) mass is 263 g/mol. The maximum absolute atomic E-state index is 12.9. The van der Waals surface area contributed by atoms with E-state index in [1.807, 2.05) is 6.07 Å². The minimum absolute atomic E-state index is 0.220. The van der Waals surface area contributed by atoms with Crippen LogP contribution in [0.5, 0.6) is 0 Å². The molecular weight excluding hydrogens is 256 g/mol. The van der Waals surface area contributed by atoms with Gasteiger partial charge in [0, 0.05) is 22.4 Å². The standard InChI is InChI=1S/C8H7FIN/c1-11-5-6-2-3-7(10)4-8(6)9/h2-5H,1H3. The second-order valence-corrected chi connectivity index (χ2v) is 3.30. The van der Waals surface area contributed by atoms with Crippen LogP contribution in [0, 0.1) is 9.39 Å². The second kappa shape index (κ2) is 3.80. The molecule has 1 aromatic rings. The summed E-state index contributed by atoms with van der Waals surface area (Å²) in [4.78, 5) is 3.73. The minimum Gasteiger partial charge on any atom is -0.296 e. The van der Waals surface area contributed by atoms with Crippen molar-refractivity contribution in [2.24, 2.45) is 4.99 Å². The van der Waals surface area contributed by atoms with Crippen LogP contribution in [0.25, 0.3) is 0 Å². The molecule has 11 heavy (non-hydrogen) atoms. The highest BCUT2D eigenvalue weighted by Crippen LogP contribution is 2.10. The Morgan fingerprint density at radius 2 is 2.27 bits per heavy atom. The summed E-state index contributed by atoms with van der Waals surface area (Å²) in [5.74, 6) is -0.220. The fraction of sp³-hybridized carbons (Fsp3) is 0.125. The first-order valence-electron chi connectivity index (χ1n) is 3.11. The molecule has 0 N–H and O–H groups in total. The van der Waals surface area contributed by atoms with Crippen LogP contribution in [0.2, 0.25) is 0 Å². The zero-order valence-corrected chi connectivity index (χ0v) is 8.17. The van der Waals surface area contributed by atoms with Crippen LogP contribution in [0.3, 0.4) is 0 Å². The summed E-state index contributed by atoms with van der Waals surface area (Å²) in [7, 11) is 1.62. The number of hydrogen-bond donors (Lipinski definition) is 0. The lowest BCUT2D eigenvalue weighted by Crippen LogP contribution is -1.87. The predicted octanol–water partition coefficient (Wildman–Crippen LogP) is 2.48. The molecule has 1 aromatic carbocycles. The van der Waals surface area contributed by atoms with Crippen LogP contribution in [0.15, 0.2) is 23.2 Å². The van der Waals surface area contributed by atoms with Gasteiger partial charge in [-0.05, 0) is 40.8 Å². The molecule has 0 aliphatic carbocycles. The third kappa shape index (κ3) is 2.25. The SMILES string of the molecule is CN=Cc1ccc(I)cc1F. The lowest BCUT2D eigenvalue weighted by Gasteiger charge is -1.95. The van der Waals surface area contributed by atoms with Crippen molar-refractivity contribution in [3.63, 3.8) is 0 Å². The first-order chi connectivity index (χ1) is 5.24. The smallest absolute Gasteiger partial charge is 0.133 e. The van der Waals surface area contributed by atoms with E-state index < -0.39 is 0 Å². The molecule has 58 valence electrons. The highest BCUT2D eigenvalue weighted by molar-refractivity contribution is 14.1. The molecule has 0 aliphatic rings. The summed E-state index contributed by atoms with van der Waals surface area (Å²) in [6, 6.07) is 5.04. The van der Waals surface area contributed by atoms with Gasteiger partial charge >= 0.3 is 0 Å². The Labute approximate surface area is 78.5 Å². The molecule has 0 atom stereocenters. The summed E-state index contributed by atoms with van der Waals surface area (Å²) in [5.41, 5.74) is 0.535. The summed E-state index contributed by atoms with van der Waals surface area (Å²) in [6.07, 6.45) is 1.51. The van der Waals surface area contributed by atoms with Gasteiger partial charge in [-0.1, -0.05) is 0 Å². The Balaban J connectivity index is 3.09. The second-order valence-electron chi connectivity index (χ2n) is 2.05. The van der Waals surface area contributed by atoms with Gasteiger partial charge in [-0.25, -0.2) is 4.39 Å². The van der Waals surface area contributed by atoms with Crippen LogP contribution in [0.1, 0.15) is 5.56 Å². The van der Waals surface area contributed by atoms with E-state index in [0.29, 0.717) is 5.56 Å². The quantitative estimate of drug-likeness (QED) is 0.545. The molecule has 0 bridgehead atoms. The van der Waals surface area contributed by atoms with E-state index in [1.165, 1.54) is 12.3 Å². The molecule has 1 rings (SSSR count). The number of halogens is 2. The van der Waals surface area contributed by atoms with Crippen molar-refractivity contribution in [3.8, 4) is 0 Å². The van der Waals surface area contributed by atoms with Crippen molar-refractivity contribution in [2.45, 2.75) is 0 Å². The van der Waals surface area contributed by atoms with Crippen molar-refractivity contribution in [1.29, 1.82) is 0 Å². The number of aliphatic imine (C=N–C) groups is 1. The van der Waals surface area contributed by atoms with E-state index in [4.69, 9.17) is 0 Å². The minimum atomic E-state index is -0.220. The normalized spacial score (nSPS) is 10.8. The van der Waals surface area contributed by atoms with E-state index >= 15 is 0 Å². The Morgan fingerprint density at radius 1 is 1.55 bits per heavy atom. The summed E-state index contributed by atoms with van der Waals surface area (Å²) < 4.78 is 13.8. The van der Waals surface area contributed by atoms with Gasteiger partial charge in [-0.3, -0.25) is 4.99 Å². The lowest BCUT2D eigenvalue weighted by atomic mass is 10.2. The number of hydrogen-bond acceptors (Lipinski definition) is 1. The fourth-order valence-corrected chi connectivity index (χ4v) is 1.20. The maximum atomic E-state index is 12.9. The van der Waals surface area contributed by atoms with E-state index in [1.54, 1.807) is 13.1 Å². The van der Waals surface area contributed by atoms with Crippen LogP contribution in [0.4, 0.5) is 4.39 Å². The van der Waals surface area contributed by atoms with Gasteiger partial charge in [-0.2, -0.15) is 0 Å². The molecule has 0 aromatic heterocycles. The largest absolute Gasteiger partial charge is 0.296 e. The van der Waals surface area contributed by atoms with Crippen LogP contribution in [-0.2, 0) is 0 Å². The van der Waals surface area contributed by atoms with Crippen molar-refractivity contribution in [3.05, 3.63) is 33.1 Å². The number of benzene rings is 1. The molecule has 3 heteroatoms. The molecular formula is C8H7FIN. The molecule has 1 nitrogen and oxygen atoms in total. The Morgan fingerprint density at radius 3 is 2.82 bits per heavy atom. The van der Waals surface area contributed by atoms with Gasteiger partial charge in [0.05, 0.1) is 0 Å². The van der Waals surface area contributed by atoms with E-state index in [0.717, 1.165) is 3.57 Å². The number of rotatable bonds is 1.